The Hall–Kier alpha value is -3.04. The first-order chi connectivity index (χ1) is 13.8. The molecule has 1 aliphatic rings. The molecule has 2 atom stereocenters. The molecule has 1 saturated carbocycles. The van der Waals surface area contributed by atoms with Crippen molar-refractivity contribution in [3.05, 3.63) is 47.7 Å². The highest BCUT2D eigenvalue weighted by Gasteiger charge is 2.39. The lowest BCUT2D eigenvalue weighted by Crippen LogP contribution is -2.41. The normalized spacial score (nSPS) is 19.4. The van der Waals surface area contributed by atoms with Crippen molar-refractivity contribution in [1.29, 1.82) is 0 Å². The summed E-state index contributed by atoms with van der Waals surface area (Å²) >= 11 is 0. The number of aromatic nitrogens is 2. The Kier molecular flexibility index (Phi) is 6.40. The van der Waals surface area contributed by atoms with Gasteiger partial charge in [0.05, 0.1) is 0 Å². The third kappa shape index (κ3) is 5.72. The van der Waals surface area contributed by atoms with Gasteiger partial charge in [0.15, 0.2) is 5.82 Å². The molecule has 7 nitrogen and oxygen atoms in total. The number of nitrogens with one attached hydrogen (secondary N) is 3. The second-order valence-corrected chi connectivity index (χ2v) is 6.86. The molecule has 10 heteroatoms. The molecule has 0 aliphatic heterocycles. The second-order valence-electron chi connectivity index (χ2n) is 6.86. The van der Waals surface area contributed by atoms with Gasteiger partial charge in [0, 0.05) is 23.7 Å². The molecule has 0 bridgehead atoms. The van der Waals surface area contributed by atoms with Gasteiger partial charge in [-0.3, -0.25) is 9.89 Å². The van der Waals surface area contributed by atoms with Crippen LogP contribution in [-0.2, 0) is 16.1 Å². The minimum Gasteiger partial charge on any atom is -0.445 e. The summed E-state index contributed by atoms with van der Waals surface area (Å²) in [5, 5.41) is 11.0. The number of hydrogen-bond donors (Lipinski definition) is 3. The van der Waals surface area contributed by atoms with Gasteiger partial charge in [-0.05, 0) is 18.4 Å². The number of anilines is 1. The van der Waals surface area contributed by atoms with Gasteiger partial charge in [-0.15, -0.1) is 0 Å². The summed E-state index contributed by atoms with van der Waals surface area (Å²) in [5.74, 6) is -2.46. The number of halogens is 3. The molecular formula is C19H21F3N4O3. The zero-order chi connectivity index (χ0) is 20.9. The number of H-pyrrole nitrogens is 1. The Morgan fingerprint density at radius 3 is 2.62 bits per heavy atom. The molecule has 2 amide bonds. The van der Waals surface area contributed by atoms with E-state index in [0.29, 0.717) is 12.1 Å². The number of benzene rings is 1. The first-order valence-electron chi connectivity index (χ1n) is 9.23. The Morgan fingerprint density at radius 2 is 1.90 bits per heavy atom. The van der Waals surface area contributed by atoms with Crippen LogP contribution in [0.3, 0.4) is 0 Å². The van der Waals surface area contributed by atoms with E-state index in [4.69, 9.17) is 4.74 Å². The van der Waals surface area contributed by atoms with Crippen LogP contribution in [0.5, 0.6) is 0 Å². The van der Waals surface area contributed by atoms with Crippen LogP contribution in [0.15, 0.2) is 36.4 Å². The highest BCUT2D eigenvalue weighted by atomic mass is 19.4. The molecule has 156 valence electrons. The molecule has 2 aromatic rings. The van der Waals surface area contributed by atoms with Gasteiger partial charge >= 0.3 is 18.2 Å². The maximum atomic E-state index is 12.4. The lowest BCUT2D eigenvalue weighted by molar-refractivity contribution is -0.167. The molecule has 3 rings (SSSR count). The molecule has 1 aromatic carbocycles. The van der Waals surface area contributed by atoms with Crippen molar-refractivity contribution in [3.8, 4) is 0 Å². The fourth-order valence-electron chi connectivity index (χ4n) is 3.37. The van der Waals surface area contributed by atoms with Crippen molar-refractivity contribution < 1.29 is 27.5 Å². The maximum Gasteiger partial charge on any atom is 0.471 e. The lowest BCUT2D eigenvalue weighted by atomic mass is 9.82. The van der Waals surface area contributed by atoms with E-state index in [1.54, 1.807) is 5.32 Å². The van der Waals surface area contributed by atoms with Gasteiger partial charge in [0.25, 0.3) is 0 Å². The van der Waals surface area contributed by atoms with Crippen LogP contribution in [0.4, 0.5) is 23.8 Å². The summed E-state index contributed by atoms with van der Waals surface area (Å²) < 4.78 is 42.4. The molecule has 1 aromatic heterocycles. The number of amides is 2. The van der Waals surface area contributed by atoms with Gasteiger partial charge in [-0.2, -0.15) is 18.3 Å². The molecule has 1 aliphatic carbocycles. The molecule has 0 spiro atoms. The topological polar surface area (TPSA) is 96.1 Å². The van der Waals surface area contributed by atoms with Gasteiger partial charge in [-0.1, -0.05) is 43.2 Å². The van der Waals surface area contributed by atoms with Crippen molar-refractivity contribution in [2.24, 2.45) is 0 Å². The summed E-state index contributed by atoms with van der Waals surface area (Å²) in [4.78, 5) is 23.2. The maximum absolute atomic E-state index is 12.4. The number of carbonyl (C=O) groups is 2. The minimum absolute atomic E-state index is 0.141. The number of alkyl halides is 3. The Bertz CT molecular complexity index is 839. The van der Waals surface area contributed by atoms with Crippen LogP contribution in [0.2, 0.25) is 0 Å². The largest absolute Gasteiger partial charge is 0.471 e. The van der Waals surface area contributed by atoms with Crippen LogP contribution < -0.4 is 10.6 Å². The molecule has 1 fully saturated rings. The summed E-state index contributed by atoms with van der Waals surface area (Å²) in [6, 6.07) is 10.4. The number of ether oxygens (including phenoxy) is 1. The van der Waals surface area contributed by atoms with E-state index in [1.165, 1.54) is 6.07 Å². The lowest BCUT2D eigenvalue weighted by Gasteiger charge is -2.31. The quantitative estimate of drug-likeness (QED) is 0.697. The fourth-order valence-corrected chi connectivity index (χ4v) is 3.37. The number of aromatic amines is 1. The molecule has 0 unspecified atom stereocenters. The molecular weight excluding hydrogens is 389 g/mol. The SMILES string of the molecule is O=C(N[C@@H]1CCCC[C@H]1c1cc(NC(=O)C(F)(F)F)n[nH]1)OCc1ccccc1. The summed E-state index contributed by atoms with van der Waals surface area (Å²) in [5.41, 5.74) is 1.41. The number of carbonyl (C=O) groups excluding carboxylic acids is 2. The van der Waals surface area contributed by atoms with Crippen LogP contribution in [0, 0.1) is 0 Å². The van der Waals surface area contributed by atoms with Crippen LogP contribution in [0.1, 0.15) is 42.9 Å². The van der Waals surface area contributed by atoms with Gasteiger partial charge in [0.1, 0.15) is 6.61 Å². The highest BCUT2D eigenvalue weighted by Crippen LogP contribution is 2.33. The monoisotopic (exact) mass is 410 g/mol. The highest BCUT2D eigenvalue weighted by molar-refractivity contribution is 5.94. The van der Waals surface area contributed by atoms with E-state index in [1.807, 2.05) is 30.3 Å². The Labute approximate surface area is 165 Å². The zero-order valence-corrected chi connectivity index (χ0v) is 15.5. The average molecular weight is 410 g/mol. The van der Waals surface area contributed by atoms with Gasteiger partial charge in [0.2, 0.25) is 0 Å². The summed E-state index contributed by atoms with van der Waals surface area (Å²) in [7, 11) is 0. The van der Waals surface area contributed by atoms with Crippen molar-refractivity contribution in [2.45, 2.75) is 50.4 Å². The third-order valence-corrected chi connectivity index (χ3v) is 4.78. The zero-order valence-electron chi connectivity index (χ0n) is 15.5. The first kappa shape index (κ1) is 20.7. The van der Waals surface area contributed by atoms with Crippen molar-refractivity contribution in [3.63, 3.8) is 0 Å². The third-order valence-electron chi connectivity index (χ3n) is 4.78. The standard InChI is InChI=1S/C19H21F3N4O3/c20-19(21,22)17(27)24-16-10-15(25-26-16)13-8-4-5-9-14(13)23-18(28)29-11-12-6-2-1-3-7-12/h1-3,6-7,10,13-14H,4-5,8-9,11H2,(H,23,28)(H2,24,25,26,27)/t13-,14-/m1/s1. The Balaban J connectivity index is 1.59. The van der Waals surface area contributed by atoms with Gasteiger partial charge in [-0.25, -0.2) is 4.79 Å². The van der Waals surface area contributed by atoms with E-state index in [2.05, 4.69) is 15.5 Å². The molecule has 0 radical (unpaired) electrons. The average Bonchev–Trinajstić information content (AvgIpc) is 3.15. The number of hydrogen-bond acceptors (Lipinski definition) is 4. The predicted molar refractivity (Wildman–Crippen MR) is 98.0 cm³/mol. The molecule has 29 heavy (non-hydrogen) atoms. The summed E-state index contributed by atoms with van der Waals surface area (Å²) in [6.45, 7) is 0.141. The van der Waals surface area contributed by atoms with Crippen LogP contribution in [-0.4, -0.2) is 34.4 Å². The van der Waals surface area contributed by atoms with E-state index >= 15 is 0 Å². The smallest absolute Gasteiger partial charge is 0.445 e. The van der Waals surface area contributed by atoms with Crippen molar-refractivity contribution in [2.75, 3.05) is 5.32 Å². The van der Waals surface area contributed by atoms with E-state index < -0.39 is 18.2 Å². The summed E-state index contributed by atoms with van der Waals surface area (Å²) in [6.07, 6.45) is -2.31. The number of rotatable bonds is 5. The predicted octanol–water partition coefficient (Wildman–Crippen LogP) is 3.86. The fraction of sp³-hybridized carbons (Fsp3) is 0.421. The van der Waals surface area contributed by atoms with E-state index in [9.17, 15) is 22.8 Å². The second kappa shape index (κ2) is 8.97. The van der Waals surface area contributed by atoms with Crippen molar-refractivity contribution in [1.82, 2.24) is 15.5 Å². The number of nitrogens with zero attached hydrogens (tertiary/aromatic N) is 1. The van der Waals surface area contributed by atoms with Crippen LogP contribution in [0.25, 0.3) is 0 Å². The number of alkyl carbamates (subject to hydrolysis) is 1. The minimum atomic E-state index is -4.99. The van der Waals surface area contributed by atoms with Crippen LogP contribution >= 0.6 is 0 Å². The molecule has 0 saturated heterocycles. The molecule has 3 N–H and O–H groups in total. The van der Waals surface area contributed by atoms with E-state index in [-0.39, 0.29) is 24.4 Å². The molecule has 1 heterocycles. The van der Waals surface area contributed by atoms with Gasteiger partial charge < -0.3 is 15.4 Å². The van der Waals surface area contributed by atoms with Crippen molar-refractivity contribution >= 4 is 17.8 Å². The Morgan fingerprint density at radius 1 is 1.17 bits per heavy atom. The van der Waals surface area contributed by atoms with E-state index in [0.717, 1.165) is 24.8 Å². The first-order valence-corrected chi connectivity index (χ1v) is 9.23.